The number of piperidine rings is 1. The zero-order valence-electron chi connectivity index (χ0n) is 13.1. The van der Waals surface area contributed by atoms with Crippen molar-refractivity contribution < 1.29 is 14.4 Å². The van der Waals surface area contributed by atoms with Gasteiger partial charge in [-0.1, -0.05) is 11.6 Å². The summed E-state index contributed by atoms with van der Waals surface area (Å²) in [6, 6.07) is 8.12. The maximum atomic E-state index is 12.1. The first-order chi connectivity index (χ1) is 9.97. The zero-order valence-corrected chi connectivity index (χ0v) is 13.8. The van der Waals surface area contributed by atoms with Gasteiger partial charge in [-0.15, -0.1) is 0 Å². The largest absolute Gasteiger partial charge is 0.453 e. The summed E-state index contributed by atoms with van der Waals surface area (Å²) in [5.41, 5.74) is 0.556. The molecule has 1 aliphatic heterocycles. The summed E-state index contributed by atoms with van der Waals surface area (Å²) < 4.78 is 5.57. The van der Waals surface area contributed by atoms with Crippen LogP contribution in [0.2, 0.25) is 5.02 Å². The lowest BCUT2D eigenvalue weighted by Crippen LogP contribution is -3.20. The summed E-state index contributed by atoms with van der Waals surface area (Å²) >= 11 is 5.83. The Labute approximate surface area is 132 Å². The first-order valence-electron chi connectivity index (χ1n) is 7.79. The average Bonchev–Trinajstić information content (AvgIpc) is 2.43. The van der Waals surface area contributed by atoms with Gasteiger partial charge >= 0.3 is 5.97 Å². The fourth-order valence-electron chi connectivity index (χ4n) is 3.20. The Morgan fingerprint density at radius 2 is 1.86 bits per heavy atom. The van der Waals surface area contributed by atoms with E-state index >= 15 is 0 Å². The number of nitrogens with one attached hydrogen (secondary N) is 1. The minimum Gasteiger partial charge on any atom is -0.453 e. The van der Waals surface area contributed by atoms with E-state index in [2.05, 4.69) is 13.8 Å². The van der Waals surface area contributed by atoms with Crippen molar-refractivity contribution in [3.8, 4) is 0 Å². The van der Waals surface area contributed by atoms with Gasteiger partial charge in [-0.05, 0) is 64.3 Å². The van der Waals surface area contributed by atoms with E-state index in [-0.39, 0.29) is 12.1 Å². The smallest absolute Gasteiger partial charge is 0.338 e. The third kappa shape index (κ3) is 4.45. The van der Waals surface area contributed by atoms with Crippen molar-refractivity contribution in [1.82, 2.24) is 0 Å². The molecule has 0 aromatic heterocycles. The van der Waals surface area contributed by atoms with Gasteiger partial charge in [0.15, 0.2) is 0 Å². The van der Waals surface area contributed by atoms with E-state index in [1.165, 1.54) is 19.3 Å². The fourth-order valence-corrected chi connectivity index (χ4v) is 3.33. The fraction of sp³-hybridized carbons (Fsp3) is 0.588. The number of hydrogen-bond donors (Lipinski definition) is 1. The van der Waals surface area contributed by atoms with Crippen LogP contribution < -0.4 is 4.90 Å². The maximum absolute atomic E-state index is 12.1. The van der Waals surface area contributed by atoms with Gasteiger partial charge in [0.1, 0.15) is 12.6 Å². The molecule has 0 amide bonds. The monoisotopic (exact) mass is 310 g/mol. The predicted octanol–water partition coefficient (Wildman–Crippen LogP) is 2.73. The highest BCUT2D eigenvalue weighted by Crippen LogP contribution is 2.11. The van der Waals surface area contributed by atoms with Crippen LogP contribution in [-0.4, -0.2) is 30.7 Å². The number of rotatable bonds is 4. The van der Waals surface area contributed by atoms with E-state index in [9.17, 15) is 4.79 Å². The van der Waals surface area contributed by atoms with E-state index in [1.54, 1.807) is 29.2 Å². The molecule has 4 atom stereocenters. The molecule has 0 aliphatic carbocycles. The van der Waals surface area contributed by atoms with Crippen molar-refractivity contribution >= 4 is 17.6 Å². The summed E-state index contributed by atoms with van der Waals surface area (Å²) in [7, 11) is 0. The van der Waals surface area contributed by atoms with Gasteiger partial charge in [0.2, 0.25) is 0 Å². The summed E-state index contributed by atoms with van der Waals surface area (Å²) in [4.78, 5) is 13.6. The van der Waals surface area contributed by atoms with Gasteiger partial charge in [0.25, 0.3) is 0 Å². The summed E-state index contributed by atoms with van der Waals surface area (Å²) in [6.45, 7) is 7.44. The molecule has 1 aliphatic rings. The summed E-state index contributed by atoms with van der Waals surface area (Å²) in [5, 5.41) is 0.625. The number of benzene rings is 1. The molecule has 0 saturated carbocycles. The quantitative estimate of drug-likeness (QED) is 0.867. The molecule has 1 heterocycles. The lowest BCUT2D eigenvalue weighted by Gasteiger charge is -2.37. The second kappa shape index (κ2) is 7.28. The summed E-state index contributed by atoms with van der Waals surface area (Å²) in [6.07, 6.45) is 3.76. The van der Waals surface area contributed by atoms with Crippen LogP contribution >= 0.6 is 11.6 Å². The van der Waals surface area contributed by atoms with E-state index < -0.39 is 0 Å². The molecule has 116 valence electrons. The van der Waals surface area contributed by atoms with Crippen molar-refractivity contribution in [3.63, 3.8) is 0 Å². The highest BCUT2D eigenvalue weighted by Gasteiger charge is 2.30. The van der Waals surface area contributed by atoms with Crippen LogP contribution in [0.3, 0.4) is 0 Å². The van der Waals surface area contributed by atoms with Crippen LogP contribution in [0.15, 0.2) is 24.3 Å². The van der Waals surface area contributed by atoms with Crippen LogP contribution in [0.1, 0.15) is 50.4 Å². The van der Waals surface area contributed by atoms with Gasteiger partial charge in [-0.25, -0.2) is 4.79 Å². The minimum absolute atomic E-state index is 0.0776. The van der Waals surface area contributed by atoms with Crippen LogP contribution in [0, 0.1) is 0 Å². The van der Waals surface area contributed by atoms with Crippen molar-refractivity contribution in [2.75, 3.05) is 6.54 Å². The Morgan fingerprint density at radius 3 is 2.43 bits per heavy atom. The Morgan fingerprint density at radius 1 is 1.29 bits per heavy atom. The van der Waals surface area contributed by atoms with Crippen LogP contribution in [0.4, 0.5) is 0 Å². The van der Waals surface area contributed by atoms with Crippen molar-refractivity contribution in [2.45, 2.75) is 58.2 Å². The number of hydrogen-bond acceptors (Lipinski definition) is 2. The molecule has 0 spiro atoms. The predicted molar refractivity (Wildman–Crippen MR) is 84.9 cm³/mol. The van der Waals surface area contributed by atoms with Gasteiger partial charge in [-0.3, -0.25) is 0 Å². The molecule has 1 saturated heterocycles. The second-order valence-corrected chi connectivity index (χ2v) is 6.67. The molecule has 0 radical (unpaired) electrons. The Kier molecular flexibility index (Phi) is 5.65. The Balaban J connectivity index is 1.90. The first kappa shape index (κ1) is 16.3. The van der Waals surface area contributed by atoms with Gasteiger partial charge in [-0.2, -0.15) is 0 Å². The van der Waals surface area contributed by atoms with E-state index in [1.807, 2.05) is 6.92 Å². The molecule has 2 rings (SSSR count). The Hall–Kier alpha value is -1.06. The first-order valence-corrected chi connectivity index (χ1v) is 8.17. The number of likely N-dealkylation sites (tertiary alicyclic amines) is 1. The third-order valence-corrected chi connectivity index (χ3v) is 4.70. The normalized spacial score (nSPS) is 27.1. The van der Waals surface area contributed by atoms with Crippen LogP contribution in [0.25, 0.3) is 0 Å². The summed E-state index contributed by atoms with van der Waals surface area (Å²) in [5.74, 6) is -0.268. The minimum atomic E-state index is -0.268. The molecule has 3 nitrogen and oxygen atoms in total. The number of carbonyl (C=O) groups is 1. The van der Waals surface area contributed by atoms with Crippen LogP contribution in [0.5, 0.6) is 0 Å². The molecule has 1 N–H and O–H groups in total. The van der Waals surface area contributed by atoms with E-state index in [0.717, 1.165) is 6.54 Å². The third-order valence-electron chi connectivity index (χ3n) is 4.45. The SMILES string of the molecule is C[C@H](C[NH+]1[C@H](C)CCC[C@@H]1C)OC(=O)c1ccc(Cl)cc1. The number of carbonyl (C=O) groups excluding carboxylic acids is 1. The van der Waals surface area contributed by atoms with Crippen LogP contribution in [-0.2, 0) is 4.74 Å². The standard InChI is InChI=1S/C17H24ClNO2/c1-12-5-4-6-13(2)19(12)11-14(3)21-17(20)15-7-9-16(18)10-8-15/h7-10,12-14H,4-6,11H2,1-3H3/p+1/t12-,13+,14-/m1/s1. The molecular formula is C17H25ClNO2+. The lowest BCUT2D eigenvalue weighted by molar-refractivity contribution is -0.953. The molecule has 1 unspecified atom stereocenters. The number of ether oxygens (including phenoxy) is 1. The maximum Gasteiger partial charge on any atom is 0.338 e. The van der Waals surface area contributed by atoms with Crippen molar-refractivity contribution in [3.05, 3.63) is 34.9 Å². The molecule has 1 aromatic rings. The van der Waals surface area contributed by atoms with Gasteiger partial charge in [0.05, 0.1) is 17.6 Å². The molecule has 1 aromatic carbocycles. The number of quaternary nitrogens is 1. The van der Waals surface area contributed by atoms with E-state index in [4.69, 9.17) is 16.3 Å². The molecule has 1 fully saturated rings. The zero-order chi connectivity index (χ0) is 15.4. The molecule has 4 heteroatoms. The highest BCUT2D eigenvalue weighted by atomic mass is 35.5. The molecule has 21 heavy (non-hydrogen) atoms. The average molecular weight is 311 g/mol. The van der Waals surface area contributed by atoms with Crippen molar-refractivity contribution in [2.24, 2.45) is 0 Å². The Bertz CT molecular complexity index is 464. The van der Waals surface area contributed by atoms with E-state index in [0.29, 0.717) is 22.7 Å². The number of esters is 1. The van der Waals surface area contributed by atoms with Crippen molar-refractivity contribution in [1.29, 1.82) is 0 Å². The van der Waals surface area contributed by atoms with Gasteiger partial charge < -0.3 is 9.64 Å². The molecule has 0 bridgehead atoms. The topological polar surface area (TPSA) is 30.7 Å². The molecular weight excluding hydrogens is 286 g/mol. The van der Waals surface area contributed by atoms with Gasteiger partial charge in [0, 0.05) is 5.02 Å². The second-order valence-electron chi connectivity index (χ2n) is 6.23. The highest BCUT2D eigenvalue weighted by molar-refractivity contribution is 6.30. The lowest BCUT2D eigenvalue weighted by atomic mass is 9.97. The number of halogens is 1.